The van der Waals surface area contributed by atoms with Gasteiger partial charge in [0, 0.05) is 5.39 Å². The van der Waals surface area contributed by atoms with E-state index in [1.807, 2.05) is 48.5 Å². The van der Waals surface area contributed by atoms with Crippen LogP contribution in [-0.2, 0) is 4.79 Å². The van der Waals surface area contributed by atoms with Crippen molar-refractivity contribution in [2.45, 2.75) is 18.1 Å². The first-order valence-corrected chi connectivity index (χ1v) is 9.82. The van der Waals surface area contributed by atoms with Crippen LogP contribution in [0.15, 0.2) is 59.6 Å². The second-order valence-corrected chi connectivity index (χ2v) is 7.38. The number of rotatable bonds is 5. The Hall–Kier alpha value is -2.73. The molecular weight excluding hydrogens is 360 g/mol. The average Bonchev–Trinajstić information content (AvgIpc) is 2.70. The molecule has 1 aliphatic heterocycles. The van der Waals surface area contributed by atoms with Crippen LogP contribution in [0.2, 0.25) is 0 Å². The minimum atomic E-state index is -0.185. The maximum atomic E-state index is 12.2. The predicted octanol–water partition coefficient (Wildman–Crippen LogP) is 3.59. The normalized spacial score (nSPS) is 15.5. The molecular formula is C21H20N2O3S. The van der Waals surface area contributed by atoms with Crippen molar-refractivity contribution < 1.29 is 14.3 Å². The molecule has 3 aromatic rings. The summed E-state index contributed by atoms with van der Waals surface area (Å²) in [7, 11) is 0. The Kier molecular flexibility index (Phi) is 5.16. The molecule has 27 heavy (non-hydrogen) atoms. The maximum Gasteiger partial charge on any atom is 0.230 e. The Morgan fingerprint density at radius 1 is 1.19 bits per heavy atom. The third-order valence-electron chi connectivity index (χ3n) is 4.35. The van der Waals surface area contributed by atoms with E-state index in [9.17, 15) is 4.79 Å². The van der Waals surface area contributed by atoms with Crippen LogP contribution in [0.3, 0.4) is 0 Å². The number of nitrogens with one attached hydrogen (secondary N) is 1. The number of aromatic nitrogens is 1. The van der Waals surface area contributed by atoms with E-state index in [1.54, 1.807) is 0 Å². The molecule has 138 valence electrons. The van der Waals surface area contributed by atoms with E-state index in [-0.39, 0.29) is 12.0 Å². The Bertz CT molecular complexity index is 977. The van der Waals surface area contributed by atoms with E-state index in [2.05, 4.69) is 23.3 Å². The van der Waals surface area contributed by atoms with E-state index in [4.69, 9.17) is 9.47 Å². The van der Waals surface area contributed by atoms with Gasteiger partial charge in [-0.15, -0.1) is 0 Å². The highest BCUT2D eigenvalue weighted by Crippen LogP contribution is 2.30. The number of benzene rings is 2. The number of para-hydroxylation sites is 3. The number of nitrogens with zero attached hydrogens (tertiary/aromatic N) is 1. The zero-order valence-corrected chi connectivity index (χ0v) is 15.8. The van der Waals surface area contributed by atoms with Crippen molar-refractivity contribution >= 4 is 28.6 Å². The minimum Gasteiger partial charge on any atom is -0.486 e. The van der Waals surface area contributed by atoms with Gasteiger partial charge in [-0.1, -0.05) is 42.1 Å². The fraction of sp³-hybridized carbons (Fsp3) is 0.238. The molecule has 0 aliphatic carbocycles. The van der Waals surface area contributed by atoms with Gasteiger partial charge in [0.15, 0.2) is 11.5 Å². The fourth-order valence-corrected chi connectivity index (χ4v) is 3.78. The lowest BCUT2D eigenvalue weighted by Gasteiger charge is -2.26. The largest absolute Gasteiger partial charge is 0.486 e. The summed E-state index contributed by atoms with van der Waals surface area (Å²) in [5.41, 5.74) is 2.11. The molecule has 1 aliphatic rings. The monoisotopic (exact) mass is 380 g/mol. The van der Waals surface area contributed by atoms with Gasteiger partial charge in [0.25, 0.3) is 0 Å². The van der Waals surface area contributed by atoms with Crippen molar-refractivity contribution in [3.05, 3.63) is 60.2 Å². The second kappa shape index (κ2) is 7.88. The van der Waals surface area contributed by atoms with Gasteiger partial charge >= 0.3 is 0 Å². The third kappa shape index (κ3) is 4.17. The topological polar surface area (TPSA) is 60.5 Å². The smallest absolute Gasteiger partial charge is 0.230 e. The average molecular weight is 380 g/mol. The maximum absolute atomic E-state index is 12.2. The van der Waals surface area contributed by atoms with E-state index >= 15 is 0 Å². The van der Waals surface area contributed by atoms with E-state index in [0.29, 0.717) is 24.7 Å². The molecule has 5 nitrogen and oxygen atoms in total. The Morgan fingerprint density at radius 2 is 1.96 bits per heavy atom. The molecule has 0 fully saturated rings. The molecule has 2 heterocycles. The summed E-state index contributed by atoms with van der Waals surface area (Å²) in [6.45, 7) is 2.90. The highest BCUT2D eigenvalue weighted by molar-refractivity contribution is 7.99. The van der Waals surface area contributed by atoms with Crippen LogP contribution in [0, 0.1) is 6.92 Å². The zero-order valence-electron chi connectivity index (χ0n) is 15.0. The summed E-state index contributed by atoms with van der Waals surface area (Å²) < 4.78 is 11.5. The number of hydrogen-bond acceptors (Lipinski definition) is 5. The number of pyridine rings is 1. The number of hydrogen-bond donors (Lipinski definition) is 1. The first kappa shape index (κ1) is 17.7. The van der Waals surface area contributed by atoms with Crippen LogP contribution in [0.4, 0.5) is 0 Å². The number of carbonyl (C=O) groups is 1. The first-order chi connectivity index (χ1) is 13.2. The van der Waals surface area contributed by atoms with Crippen molar-refractivity contribution in [1.29, 1.82) is 0 Å². The zero-order chi connectivity index (χ0) is 18.6. The van der Waals surface area contributed by atoms with Gasteiger partial charge in [0.1, 0.15) is 12.7 Å². The van der Waals surface area contributed by atoms with Crippen molar-refractivity contribution in [2.24, 2.45) is 0 Å². The van der Waals surface area contributed by atoms with Gasteiger partial charge in [0.2, 0.25) is 5.91 Å². The standard InChI is InChI=1S/C21H20N2O3S/c1-14-10-21(23-17-7-3-2-6-16(14)17)27-13-20(24)22-11-15-12-25-18-8-4-5-9-19(18)26-15/h2-10,15H,11-13H2,1H3,(H,22,24). The fourth-order valence-electron chi connectivity index (χ4n) is 2.97. The van der Waals surface area contributed by atoms with Crippen molar-refractivity contribution in [2.75, 3.05) is 18.9 Å². The molecule has 1 unspecified atom stereocenters. The highest BCUT2D eigenvalue weighted by atomic mass is 32.2. The van der Waals surface area contributed by atoms with E-state index in [0.717, 1.165) is 27.2 Å². The molecule has 1 amide bonds. The van der Waals surface area contributed by atoms with Crippen molar-refractivity contribution in [3.8, 4) is 11.5 Å². The number of ether oxygens (including phenoxy) is 2. The van der Waals surface area contributed by atoms with Gasteiger partial charge in [-0.05, 0) is 36.8 Å². The van der Waals surface area contributed by atoms with Gasteiger partial charge in [-0.25, -0.2) is 4.98 Å². The molecule has 2 aromatic carbocycles. The lowest BCUT2D eigenvalue weighted by Crippen LogP contribution is -2.41. The molecule has 0 saturated carbocycles. The lowest BCUT2D eigenvalue weighted by molar-refractivity contribution is -0.119. The van der Waals surface area contributed by atoms with Gasteiger partial charge < -0.3 is 14.8 Å². The quantitative estimate of drug-likeness (QED) is 0.686. The van der Waals surface area contributed by atoms with Crippen LogP contribution in [0.25, 0.3) is 10.9 Å². The van der Waals surface area contributed by atoms with Crippen LogP contribution < -0.4 is 14.8 Å². The van der Waals surface area contributed by atoms with E-state index < -0.39 is 0 Å². The molecule has 0 spiro atoms. The second-order valence-electron chi connectivity index (χ2n) is 6.38. The summed E-state index contributed by atoms with van der Waals surface area (Å²) in [6.07, 6.45) is -0.185. The van der Waals surface area contributed by atoms with Crippen LogP contribution in [0.5, 0.6) is 11.5 Å². The number of fused-ring (bicyclic) bond motifs is 2. The summed E-state index contributed by atoms with van der Waals surface area (Å²) in [5.74, 6) is 1.73. The summed E-state index contributed by atoms with van der Waals surface area (Å²) in [4.78, 5) is 16.8. The number of carbonyl (C=O) groups excluding carboxylic acids is 1. The molecule has 1 aromatic heterocycles. The van der Waals surface area contributed by atoms with Crippen LogP contribution >= 0.6 is 11.8 Å². The minimum absolute atomic E-state index is 0.0462. The van der Waals surface area contributed by atoms with Crippen molar-refractivity contribution in [3.63, 3.8) is 0 Å². The number of aryl methyl sites for hydroxylation is 1. The summed E-state index contributed by atoms with van der Waals surface area (Å²) in [6, 6.07) is 17.6. The van der Waals surface area contributed by atoms with Crippen molar-refractivity contribution in [1.82, 2.24) is 10.3 Å². The molecule has 0 radical (unpaired) electrons. The molecule has 6 heteroatoms. The van der Waals surface area contributed by atoms with Crippen LogP contribution in [-0.4, -0.2) is 35.9 Å². The number of thioether (sulfide) groups is 1. The Balaban J connectivity index is 1.29. The lowest BCUT2D eigenvalue weighted by atomic mass is 10.1. The van der Waals surface area contributed by atoms with Gasteiger partial charge in [-0.2, -0.15) is 0 Å². The molecule has 0 bridgehead atoms. The van der Waals surface area contributed by atoms with Crippen LogP contribution in [0.1, 0.15) is 5.56 Å². The van der Waals surface area contributed by atoms with E-state index in [1.165, 1.54) is 11.8 Å². The summed E-state index contributed by atoms with van der Waals surface area (Å²) in [5, 5.41) is 4.91. The molecule has 4 rings (SSSR count). The SMILES string of the molecule is Cc1cc(SCC(=O)NCC2COc3ccccc3O2)nc2ccccc12. The van der Waals surface area contributed by atoms with Gasteiger partial charge in [0.05, 0.1) is 22.8 Å². The third-order valence-corrected chi connectivity index (χ3v) is 5.26. The Morgan fingerprint density at radius 3 is 2.85 bits per heavy atom. The van der Waals surface area contributed by atoms with Gasteiger partial charge in [-0.3, -0.25) is 4.79 Å². The molecule has 0 saturated heterocycles. The molecule has 1 N–H and O–H groups in total. The Labute approximate surface area is 162 Å². The summed E-state index contributed by atoms with van der Waals surface area (Å²) >= 11 is 1.44. The number of amides is 1. The predicted molar refractivity (Wildman–Crippen MR) is 107 cm³/mol. The first-order valence-electron chi connectivity index (χ1n) is 8.83. The highest BCUT2D eigenvalue weighted by Gasteiger charge is 2.21. The molecule has 1 atom stereocenters.